The van der Waals surface area contributed by atoms with Gasteiger partial charge in [-0.25, -0.2) is 0 Å². The van der Waals surface area contributed by atoms with E-state index >= 15 is 0 Å². The molecule has 1 aromatic carbocycles. The highest BCUT2D eigenvalue weighted by atomic mass is 16.5. The first-order chi connectivity index (χ1) is 10.7. The van der Waals surface area contributed by atoms with E-state index in [1.165, 1.54) is 6.92 Å². The molecule has 0 spiro atoms. The molecule has 0 bridgehead atoms. The van der Waals surface area contributed by atoms with Gasteiger partial charge in [0.15, 0.2) is 0 Å². The zero-order valence-corrected chi connectivity index (χ0v) is 12.8. The van der Waals surface area contributed by atoms with Crippen LogP contribution in [0.15, 0.2) is 30.3 Å². The van der Waals surface area contributed by atoms with E-state index < -0.39 is 30.0 Å². The number of benzene rings is 1. The SMILES string of the molecule is C[C@H](N)C(=O)O.N[C@@H](CCC(=O)OCc1ccccc1)C(=O)O. The predicted octanol–water partition coefficient (Wildman–Crippen LogP) is 0.340. The maximum atomic E-state index is 11.3. The molecule has 0 heterocycles. The van der Waals surface area contributed by atoms with E-state index in [9.17, 15) is 14.4 Å². The summed E-state index contributed by atoms with van der Waals surface area (Å²) in [6, 6.07) is 7.51. The summed E-state index contributed by atoms with van der Waals surface area (Å²) in [6.45, 7) is 1.62. The first-order valence-electron chi connectivity index (χ1n) is 6.90. The Morgan fingerprint density at radius 2 is 1.61 bits per heavy atom. The van der Waals surface area contributed by atoms with Gasteiger partial charge in [0.1, 0.15) is 18.7 Å². The average molecular weight is 326 g/mol. The van der Waals surface area contributed by atoms with E-state index in [0.717, 1.165) is 5.56 Å². The summed E-state index contributed by atoms with van der Waals surface area (Å²) in [5.41, 5.74) is 11.0. The molecule has 0 amide bonds. The third-order valence-corrected chi connectivity index (χ3v) is 2.61. The molecule has 2 atom stereocenters. The molecule has 1 rings (SSSR count). The molecule has 0 aromatic heterocycles. The zero-order valence-electron chi connectivity index (χ0n) is 12.8. The van der Waals surface area contributed by atoms with Crippen LogP contribution in [0.4, 0.5) is 0 Å². The van der Waals surface area contributed by atoms with Crippen molar-refractivity contribution in [2.45, 2.75) is 38.5 Å². The molecule has 0 radical (unpaired) electrons. The first kappa shape index (κ1) is 20.6. The summed E-state index contributed by atoms with van der Waals surface area (Å²) < 4.78 is 4.97. The Kier molecular flexibility index (Phi) is 9.97. The van der Waals surface area contributed by atoms with Crippen LogP contribution in [0.25, 0.3) is 0 Å². The van der Waals surface area contributed by atoms with Crippen molar-refractivity contribution in [1.82, 2.24) is 0 Å². The number of nitrogens with two attached hydrogens (primary N) is 2. The van der Waals surface area contributed by atoms with Crippen LogP contribution in [0.3, 0.4) is 0 Å². The van der Waals surface area contributed by atoms with Crippen molar-refractivity contribution in [2.24, 2.45) is 11.5 Å². The Labute approximate surface area is 134 Å². The van der Waals surface area contributed by atoms with Gasteiger partial charge in [0, 0.05) is 6.42 Å². The molecule has 128 valence electrons. The van der Waals surface area contributed by atoms with Crippen molar-refractivity contribution in [3.63, 3.8) is 0 Å². The van der Waals surface area contributed by atoms with Crippen LogP contribution >= 0.6 is 0 Å². The minimum absolute atomic E-state index is 0.0142. The van der Waals surface area contributed by atoms with E-state index in [1.807, 2.05) is 30.3 Å². The number of rotatable bonds is 7. The van der Waals surface area contributed by atoms with Gasteiger partial charge in [0.25, 0.3) is 0 Å². The van der Waals surface area contributed by atoms with Crippen molar-refractivity contribution >= 4 is 17.9 Å². The smallest absolute Gasteiger partial charge is 0.320 e. The lowest BCUT2D eigenvalue weighted by Gasteiger charge is -2.07. The van der Waals surface area contributed by atoms with E-state index in [2.05, 4.69) is 0 Å². The summed E-state index contributed by atoms with van der Waals surface area (Å²) >= 11 is 0. The molecule has 0 saturated carbocycles. The standard InChI is InChI=1S/C12H15NO4.C3H7NO2/c13-10(12(15)16)6-7-11(14)17-8-9-4-2-1-3-5-9;1-2(4)3(5)6/h1-5,10H,6-8,13H2,(H,15,16);2H,4H2,1H3,(H,5,6)/t10-;2-/m00/s1. The van der Waals surface area contributed by atoms with Gasteiger partial charge in [-0.3, -0.25) is 14.4 Å². The highest BCUT2D eigenvalue weighted by Gasteiger charge is 2.14. The quantitative estimate of drug-likeness (QED) is 0.523. The van der Waals surface area contributed by atoms with Crippen molar-refractivity contribution < 1.29 is 29.3 Å². The molecule has 8 heteroatoms. The maximum absolute atomic E-state index is 11.3. The molecule has 0 unspecified atom stereocenters. The van der Waals surface area contributed by atoms with Gasteiger partial charge < -0.3 is 26.4 Å². The number of carbonyl (C=O) groups excluding carboxylic acids is 1. The normalized spacial score (nSPS) is 12.3. The highest BCUT2D eigenvalue weighted by molar-refractivity contribution is 5.75. The molecular weight excluding hydrogens is 304 g/mol. The third-order valence-electron chi connectivity index (χ3n) is 2.61. The second kappa shape index (κ2) is 11.2. The molecule has 0 saturated heterocycles. The van der Waals surface area contributed by atoms with Crippen LogP contribution in [-0.4, -0.2) is 40.2 Å². The Hall–Kier alpha value is -2.45. The lowest BCUT2D eigenvalue weighted by Crippen LogP contribution is -2.30. The summed E-state index contributed by atoms with van der Waals surface area (Å²) in [5.74, 6) is -2.51. The molecule has 23 heavy (non-hydrogen) atoms. The molecule has 0 aliphatic carbocycles. The number of carbonyl (C=O) groups is 3. The zero-order chi connectivity index (χ0) is 17.8. The number of carboxylic acids is 2. The fourth-order valence-electron chi connectivity index (χ4n) is 1.21. The topological polar surface area (TPSA) is 153 Å². The monoisotopic (exact) mass is 326 g/mol. The number of hydrogen-bond donors (Lipinski definition) is 4. The largest absolute Gasteiger partial charge is 0.480 e. The van der Waals surface area contributed by atoms with Gasteiger partial charge in [-0.05, 0) is 18.9 Å². The van der Waals surface area contributed by atoms with Gasteiger partial charge in [0.2, 0.25) is 0 Å². The minimum atomic E-state index is -1.11. The lowest BCUT2D eigenvalue weighted by atomic mass is 10.2. The molecule has 0 aliphatic heterocycles. The Morgan fingerprint density at radius 1 is 1.09 bits per heavy atom. The Balaban J connectivity index is 0.000000688. The summed E-state index contributed by atoms with van der Waals surface area (Å²) in [4.78, 5) is 31.3. The molecule has 6 N–H and O–H groups in total. The number of aliphatic carboxylic acids is 2. The summed E-state index contributed by atoms with van der Waals surface area (Å²) in [7, 11) is 0. The summed E-state index contributed by atoms with van der Waals surface area (Å²) in [5, 5.41) is 16.4. The summed E-state index contributed by atoms with van der Waals surface area (Å²) in [6.07, 6.45) is 0.100. The van der Waals surface area contributed by atoms with Gasteiger partial charge in [0.05, 0.1) is 0 Å². The van der Waals surface area contributed by atoms with Crippen LogP contribution in [-0.2, 0) is 25.7 Å². The predicted molar refractivity (Wildman–Crippen MR) is 82.4 cm³/mol. The number of ether oxygens (including phenoxy) is 1. The van der Waals surface area contributed by atoms with E-state index in [4.69, 9.17) is 26.4 Å². The Morgan fingerprint density at radius 3 is 2.04 bits per heavy atom. The van der Waals surface area contributed by atoms with E-state index in [0.29, 0.717) is 0 Å². The lowest BCUT2D eigenvalue weighted by molar-refractivity contribution is -0.145. The highest BCUT2D eigenvalue weighted by Crippen LogP contribution is 2.03. The van der Waals surface area contributed by atoms with Gasteiger partial charge in [-0.15, -0.1) is 0 Å². The first-order valence-corrected chi connectivity index (χ1v) is 6.90. The molecule has 8 nitrogen and oxygen atoms in total. The van der Waals surface area contributed by atoms with Crippen molar-refractivity contribution in [2.75, 3.05) is 0 Å². The third kappa shape index (κ3) is 10.9. The van der Waals surface area contributed by atoms with E-state index in [-0.39, 0.29) is 19.4 Å². The Bertz CT molecular complexity index is 504. The molecule has 0 fully saturated rings. The van der Waals surface area contributed by atoms with Crippen LogP contribution < -0.4 is 11.5 Å². The van der Waals surface area contributed by atoms with E-state index in [1.54, 1.807) is 0 Å². The van der Waals surface area contributed by atoms with Crippen molar-refractivity contribution in [1.29, 1.82) is 0 Å². The molecule has 0 aliphatic rings. The second-order valence-electron chi connectivity index (χ2n) is 4.76. The number of carboxylic acid groups (broad SMARTS) is 2. The van der Waals surface area contributed by atoms with Crippen molar-refractivity contribution in [3.8, 4) is 0 Å². The van der Waals surface area contributed by atoms with Crippen LogP contribution in [0, 0.1) is 0 Å². The van der Waals surface area contributed by atoms with Crippen molar-refractivity contribution in [3.05, 3.63) is 35.9 Å². The maximum Gasteiger partial charge on any atom is 0.320 e. The number of hydrogen-bond acceptors (Lipinski definition) is 6. The molecular formula is C15H22N2O6. The number of esters is 1. The molecule has 1 aromatic rings. The fourth-order valence-corrected chi connectivity index (χ4v) is 1.21. The van der Waals surface area contributed by atoms with Crippen LogP contribution in [0.2, 0.25) is 0 Å². The fraction of sp³-hybridized carbons (Fsp3) is 0.400. The van der Waals surface area contributed by atoms with Gasteiger partial charge in [-0.2, -0.15) is 0 Å². The minimum Gasteiger partial charge on any atom is -0.480 e. The van der Waals surface area contributed by atoms with Gasteiger partial charge >= 0.3 is 17.9 Å². The second-order valence-corrected chi connectivity index (χ2v) is 4.76. The van der Waals surface area contributed by atoms with Gasteiger partial charge in [-0.1, -0.05) is 30.3 Å². The average Bonchev–Trinajstić information content (AvgIpc) is 2.51. The van der Waals surface area contributed by atoms with Crippen LogP contribution in [0.5, 0.6) is 0 Å². The van der Waals surface area contributed by atoms with Crippen LogP contribution in [0.1, 0.15) is 25.3 Å².